The van der Waals surface area contributed by atoms with Gasteiger partial charge in [-0.1, -0.05) is 18.2 Å². The SMILES string of the molecule is O=C(COC(=O)c1cnccn1)Nc1ccc2oc3ccccc3c2c1. The van der Waals surface area contributed by atoms with Crippen molar-refractivity contribution in [3.63, 3.8) is 0 Å². The van der Waals surface area contributed by atoms with E-state index in [4.69, 9.17) is 9.15 Å². The molecule has 7 heteroatoms. The number of nitrogens with zero attached hydrogens (tertiary/aromatic N) is 2. The minimum Gasteiger partial charge on any atom is -0.456 e. The van der Waals surface area contributed by atoms with Crippen LogP contribution in [0.15, 0.2) is 65.5 Å². The number of fused-ring (bicyclic) bond motifs is 3. The zero-order valence-electron chi connectivity index (χ0n) is 13.5. The third kappa shape index (κ3) is 3.10. The summed E-state index contributed by atoms with van der Waals surface area (Å²) in [7, 11) is 0. The predicted molar refractivity (Wildman–Crippen MR) is 94.7 cm³/mol. The Morgan fingerprint density at radius 3 is 2.73 bits per heavy atom. The first-order chi connectivity index (χ1) is 12.7. The van der Waals surface area contributed by atoms with Gasteiger partial charge in [0.15, 0.2) is 12.3 Å². The van der Waals surface area contributed by atoms with Gasteiger partial charge in [0.05, 0.1) is 6.20 Å². The third-order valence-electron chi connectivity index (χ3n) is 3.77. The van der Waals surface area contributed by atoms with Gasteiger partial charge in [0, 0.05) is 28.9 Å². The van der Waals surface area contributed by atoms with Crippen LogP contribution in [0.4, 0.5) is 5.69 Å². The van der Waals surface area contributed by atoms with Crippen molar-refractivity contribution in [2.45, 2.75) is 0 Å². The van der Waals surface area contributed by atoms with Crippen molar-refractivity contribution in [3.05, 3.63) is 66.7 Å². The van der Waals surface area contributed by atoms with Crippen molar-refractivity contribution in [1.82, 2.24) is 9.97 Å². The van der Waals surface area contributed by atoms with Crippen LogP contribution in [-0.2, 0) is 9.53 Å². The average molecular weight is 347 g/mol. The Balaban J connectivity index is 1.45. The first kappa shape index (κ1) is 15.8. The molecule has 2 heterocycles. The lowest BCUT2D eigenvalue weighted by atomic mass is 10.1. The quantitative estimate of drug-likeness (QED) is 0.570. The minimum atomic E-state index is -0.704. The van der Waals surface area contributed by atoms with E-state index in [9.17, 15) is 9.59 Å². The fraction of sp³-hybridized carbons (Fsp3) is 0.0526. The Morgan fingerprint density at radius 1 is 1.04 bits per heavy atom. The first-order valence-corrected chi connectivity index (χ1v) is 7.85. The van der Waals surface area contributed by atoms with Crippen molar-refractivity contribution in [2.24, 2.45) is 0 Å². The number of nitrogens with one attached hydrogen (secondary N) is 1. The van der Waals surface area contributed by atoms with Crippen LogP contribution in [0.2, 0.25) is 0 Å². The number of esters is 1. The number of rotatable bonds is 4. The summed E-state index contributed by atoms with van der Waals surface area (Å²) >= 11 is 0. The molecule has 0 bridgehead atoms. The molecule has 26 heavy (non-hydrogen) atoms. The standard InChI is InChI=1S/C19H13N3O4/c23-18(11-25-19(24)15-10-20-7-8-21-15)22-12-5-6-17-14(9-12)13-3-1-2-4-16(13)26-17/h1-10H,11H2,(H,22,23). The van der Waals surface area contributed by atoms with Crippen LogP contribution in [0.1, 0.15) is 10.5 Å². The molecule has 1 N–H and O–H groups in total. The molecule has 0 unspecified atom stereocenters. The summed E-state index contributed by atoms with van der Waals surface area (Å²) in [4.78, 5) is 31.4. The highest BCUT2D eigenvalue weighted by Crippen LogP contribution is 2.30. The van der Waals surface area contributed by atoms with Crippen molar-refractivity contribution < 1.29 is 18.7 Å². The average Bonchev–Trinajstić information content (AvgIpc) is 3.05. The molecule has 0 radical (unpaired) electrons. The Labute approximate surface area is 147 Å². The summed E-state index contributed by atoms with van der Waals surface area (Å²) in [5.41, 5.74) is 2.15. The van der Waals surface area contributed by atoms with Gasteiger partial charge in [0.1, 0.15) is 11.2 Å². The highest BCUT2D eigenvalue weighted by molar-refractivity contribution is 6.07. The number of hydrogen-bond donors (Lipinski definition) is 1. The van der Waals surface area contributed by atoms with Gasteiger partial charge in [-0.15, -0.1) is 0 Å². The number of carbonyl (C=O) groups excluding carboxylic acids is 2. The molecule has 0 spiro atoms. The Morgan fingerprint density at radius 2 is 1.88 bits per heavy atom. The van der Waals surface area contributed by atoms with Gasteiger partial charge in [-0.25, -0.2) is 9.78 Å². The smallest absolute Gasteiger partial charge is 0.359 e. The number of furan rings is 1. The molecular weight excluding hydrogens is 334 g/mol. The Kier molecular flexibility index (Phi) is 4.03. The number of amides is 1. The Bertz CT molecular complexity index is 1110. The topological polar surface area (TPSA) is 94.3 Å². The summed E-state index contributed by atoms with van der Waals surface area (Å²) in [6.07, 6.45) is 4.10. The second-order valence-electron chi connectivity index (χ2n) is 5.52. The minimum absolute atomic E-state index is 0.0478. The van der Waals surface area contributed by atoms with Crippen molar-refractivity contribution >= 4 is 39.5 Å². The van der Waals surface area contributed by atoms with E-state index in [0.717, 1.165) is 21.9 Å². The maximum absolute atomic E-state index is 12.0. The zero-order chi connectivity index (χ0) is 17.9. The number of carbonyl (C=O) groups is 2. The van der Waals surface area contributed by atoms with E-state index in [1.54, 1.807) is 12.1 Å². The largest absolute Gasteiger partial charge is 0.456 e. The summed E-state index contributed by atoms with van der Waals surface area (Å²) in [6, 6.07) is 13.0. The number of hydrogen-bond acceptors (Lipinski definition) is 6. The highest BCUT2D eigenvalue weighted by atomic mass is 16.5. The lowest BCUT2D eigenvalue weighted by Crippen LogP contribution is -2.21. The first-order valence-electron chi connectivity index (χ1n) is 7.85. The van der Waals surface area contributed by atoms with Crippen LogP contribution in [0.3, 0.4) is 0 Å². The van der Waals surface area contributed by atoms with Crippen LogP contribution >= 0.6 is 0 Å². The fourth-order valence-corrected chi connectivity index (χ4v) is 2.61. The van der Waals surface area contributed by atoms with Crippen LogP contribution in [0, 0.1) is 0 Å². The van der Waals surface area contributed by atoms with Crippen molar-refractivity contribution in [1.29, 1.82) is 0 Å². The van der Waals surface area contributed by atoms with Gasteiger partial charge in [-0.05, 0) is 24.3 Å². The fourth-order valence-electron chi connectivity index (χ4n) is 2.61. The molecule has 0 aliphatic carbocycles. The number of ether oxygens (including phenoxy) is 1. The van der Waals surface area contributed by atoms with Crippen LogP contribution in [-0.4, -0.2) is 28.5 Å². The molecule has 4 rings (SSSR count). The lowest BCUT2D eigenvalue weighted by molar-refractivity contribution is -0.119. The van der Waals surface area contributed by atoms with Gasteiger partial charge < -0.3 is 14.5 Å². The van der Waals surface area contributed by atoms with E-state index in [1.165, 1.54) is 18.6 Å². The van der Waals surface area contributed by atoms with E-state index in [1.807, 2.05) is 30.3 Å². The summed E-state index contributed by atoms with van der Waals surface area (Å²) in [5, 5.41) is 4.57. The van der Waals surface area contributed by atoms with Gasteiger partial charge in [-0.3, -0.25) is 9.78 Å². The van der Waals surface area contributed by atoms with Gasteiger partial charge in [0.25, 0.3) is 5.91 Å². The van der Waals surface area contributed by atoms with E-state index in [2.05, 4.69) is 15.3 Å². The molecule has 1 amide bonds. The number of aromatic nitrogens is 2. The van der Waals surface area contributed by atoms with Crippen LogP contribution in [0.25, 0.3) is 21.9 Å². The molecule has 2 aromatic carbocycles. The molecular formula is C19H13N3O4. The maximum atomic E-state index is 12.0. The maximum Gasteiger partial charge on any atom is 0.359 e. The third-order valence-corrected chi connectivity index (χ3v) is 3.77. The normalized spacial score (nSPS) is 10.8. The summed E-state index contributed by atoms with van der Waals surface area (Å²) in [5.74, 6) is -1.15. The molecule has 0 saturated carbocycles. The molecule has 0 aliphatic heterocycles. The predicted octanol–water partition coefficient (Wildman–Crippen LogP) is 3.17. The number of para-hydroxylation sites is 1. The number of anilines is 1. The van der Waals surface area contributed by atoms with E-state index >= 15 is 0 Å². The second-order valence-corrected chi connectivity index (χ2v) is 5.52. The number of benzene rings is 2. The molecule has 0 aliphatic rings. The molecule has 7 nitrogen and oxygen atoms in total. The molecule has 128 valence electrons. The molecule has 0 saturated heterocycles. The van der Waals surface area contributed by atoms with E-state index in [-0.39, 0.29) is 5.69 Å². The van der Waals surface area contributed by atoms with Gasteiger partial charge in [0.2, 0.25) is 0 Å². The van der Waals surface area contributed by atoms with Crippen molar-refractivity contribution in [3.8, 4) is 0 Å². The van der Waals surface area contributed by atoms with Crippen LogP contribution in [0.5, 0.6) is 0 Å². The molecule has 0 atom stereocenters. The summed E-state index contributed by atoms with van der Waals surface area (Å²) < 4.78 is 10.7. The highest BCUT2D eigenvalue weighted by Gasteiger charge is 2.12. The zero-order valence-corrected chi connectivity index (χ0v) is 13.5. The van der Waals surface area contributed by atoms with Gasteiger partial charge in [-0.2, -0.15) is 0 Å². The van der Waals surface area contributed by atoms with Gasteiger partial charge >= 0.3 is 5.97 Å². The van der Waals surface area contributed by atoms with Crippen LogP contribution < -0.4 is 5.32 Å². The second kappa shape index (κ2) is 6.64. The summed E-state index contributed by atoms with van der Waals surface area (Å²) in [6.45, 7) is -0.417. The van der Waals surface area contributed by atoms with E-state index < -0.39 is 18.5 Å². The molecule has 0 fully saturated rings. The Hall–Kier alpha value is -3.74. The van der Waals surface area contributed by atoms with Crippen molar-refractivity contribution in [2.75, 3.05) is 11.9 Å². The van der Waals surface area contributed by atoms with E-state index in [0.29, 0.717) is 5.69 Å². The lowest BCUT2D eigenvalue weighted by Gasteiger charge is -2.06. The molecule has 4 aromatic rings. The monoisotopic (exact) mass is 347 g/mol. The molecule has 2 aromatic heterocycles.